The van der Waals surface area contributed by atoms with E-state index >= 15 is 0 Å². The van der Waals surface area contributed by atoms with Gasteiger partial charge in [0.15, 0.2) is 9.84 Å². The molecule has 1 saturated heterocycles. The van der Waals surface area contributed by atoms with Gasteiger partial charge in [0.05, 0.1) is 26.7 Å². The fraction of sp³-hybridized carbons (Fsp3) is 0.647. The van der Waals surface area contributed by atoms with E-state index in [2.05, 4.69) is 48.5 Å². The second kappa shape index (κ2) is 16.8. The summed E-state index contributed by atoms with van der Waals surface area (Å²) >= 11 is 1.55. The molecule has 2 heterocycles. The molecule has 2 atom stereocenters. The van der Waals surface area contributed by atoms with Gasteiger partial charge in [-0.15, -0.1) is 11.3 Å². The van der Waals surface area contributed by atoms with Crippen LogP contribution in [0, 0.1) is 5.92 Å². The van der Waals surface area contributed by atoms with Gasteiger partial charge in [0, 0.05) is 50.6 Å². The zero-order valence-corrected chi connectivity index (χ0v) is 29.2. The number of sulfone groups is 1. The summed E-state index contributed by atoms with van der Waals surface area (Å²) in [5, 5.41) is 9.88. The molecule has 2 fully saturated rings. The monoisotopic (exact) mass is 673 g/mol. The third-order valence-electron chi connectivity index (χ3n) is 9.00. The Bertz CT molecular complexity index is 1470. The van der Waals surface area contributed by atoms with Crippen LogP contribution in [0.5, 0.6) is 0 Å². The van der Waals surface area contributed by atoms with E-state index in [0.29, 0.717) is 49.9 Å². The average Bonchev–Trinajstić information content (AvgIpc) is 3.42. The van der Waals surface area contributed by atoms with Crippen molar-refractivity contribution >= 4 is 49.1 Å². The van der Waals surface area contributed by atoms with Crippen LogP contribution in [0.3, 0.4) is 0 Å². The molecule has 1 aromatic heterocycles. The van der Waals surface area contributed by atoms with Crippen LogP contribution in [0.4, 0.5) is 0 Å². The molecule has 3 amide bonds. The number of benzene rings is 1. The Kier molecular flexibility index (Phi) is 13.2. The first-order chi connectivity index (χ1) is 21.9. The zero-order valence-electron chi connectivity index (χ0n) is 27.6. The number of carbonyl (C=O) groups excluding carboxylic acids is 3. The van der Waals surface area contributed by atoms with E-state index < -0.39 is 15.9 Å². The Morgan fingerprint density at radius 1 is 1.09 bits per heavy atom. The zero-order chi connectivity index (χ0) is 33.3. The molecule has 0 bridgehead atoms. The first kappa shape index (κ1) is 36.0. The molecule has 2 aliphatic rings. The molecule has 0 unspecified atom stereocenters. The molecule has 4 rings (SSSR count). The standard InChI is InChI=1S/C34H51N5O5S2/c1-5-9-31(40)37-29(20-32-38-28-13-12-26(23(2)3)19-30(28)45-32)34(42)36-27(18-25-10-7-6-8-11-25)21-35-33(41)24(4)22-39-14-16-46(43,44)17-15-39/h12-13,19,23,25,27,29H,4-11,14-18,20-22H2,1-3H3,(H,35,41)(H,36,42)(H,37,40)/t27-,29-/m0/s1. The lowest BCUT2D eigenvalue weighted by Crippen LogP contribution is -2.53. The lowest BCUT2D eigenvalue weighted by atomic mass is 9.84. The minimum absolute atomic E-state index is 0.0867. The minimum Gasteiger partial charge on any atom is -0.350 e. The van der Waals surface area contributed by atoms with Crippen LogP contribution < -0.4 is 16.0 Å². The van der Waals surface area contributed by atoms with Crippen molar-refractivity contribution in [2.45, 2.75) is 96.6 Å². The number of carbonyl (C=O) groups is 3. The third-order valence-corrected chi connectivity index (χ3v) is 11.7. The molecule has 10 nitrogen and oxygen atoms in total. The molecule has 46 heavy (non-hydrogen) atoms. The molecular weight excluding hydrogens is 623 g/mol. The van der Waals surface area contributed by atoms with Crippen LogP contribution >= 0.6 is 11.3 Å². The van der Waals surface area contributed by atoms with Crippen molar-refractivity contribution in [1.82, 2.24) is 25.8 Å². The largest absolute Gasteiger partial charge is 0.350 e. The van der Waals surface area contributed by atoms with E-state index in [1.807, 2.05) is 17.9 Å². The van der Waals surface area contributed by atoms with Crippen LogP contribution in [0.2, 0.25) is 0 Å². The fourth-order valence-electron chi connectivity index (χ4n) is 6.22. The van der Waals surface area contributed by atoms with Gasteiger partial charge in [-0.3, -0.25) is 19.3 Å². The molecule has 3 N–H and O–H groups in total. The lowest BCUT2D eigenvalue weighted by Gasteiger charge is -2.29. The topological polar surface area (TPSA) is 138 Å². The van der Waals surface area contributed by atoms with Crippen molar-refractivity contribution in [1.29, 1.82) is 0 Å². The molecule has 254 valence electrons. The predicted octanol–water partition coefficient (Wildman–Crippen LogP) is 4.11. The van der Waals surface area contributed by atoms with Crippen molar-refractivity contribution in [3.8, 4) is 0 Å². The van der Waals surface area contributed by atoms with Crippen molar-refractivity contribution in [2.24, 2.45) is 5.92 Å². The molecule has 12 heteroatoms. The molecule has 0 spiro atoms. The molecule has 1 saturated carbocycles. The smallest absolute Gasteiger partial charge is 0.247 e. The molecule has 0 radical (unpaired) electrons. The maximum Gasteiger partial charge on any atom is 0.247 e. The van der Waals surface area contributed by atoms with Gasteiger partial charge in [-0.25, -0.2) is 13.4 Å². The molecule has 1 aliphatic heterocycles. The van der Waals surface area contributed by atoms with Crippen molar-refractivity contribution < 1.29 is 22.8 Å². The lowest BCUT2D eigenvalue weighted by molar-refractivity contribution is -0.129. The maximum absolute atomic E-state index is 13.9. The fourth-order valence-corrected chi connectivity index (χ4v) is 8.56. The molecule has 1 aliphatic carbocycles. The highest BCUT2D eigenvalue weighted by Crippen LogP contribution is 2.28. The number of fused-ring (bicyclic) bond motifs is 1. The van der Waals surface area contributed by atoms with Gasteiger partial charge in [-0.1, -0.05) is 65.5 Å². The van der Waals surface area contributed by atoms with Gasteiger partial charge >= 0.3 is 0 Å². The van der Waals surface area contributed by atoms with Crippen LogP contribution in [0.15, 0.2) is 30.4 Å². The Morgan fingerprint density at radius 3 is 2.48 bits per heavy atom. The highest BCUT2D eigenvalue weighted by molar-refractivity contribution is 7.91. The molecular formula is C34H51N5O5S2. The van der Waals surface area contributed by atoms with Gasteiger partial charge in [-0.2, -0.15) is 0 Å². The Labute approximate surface area is 278 Å². The summed E-state index contributed by atoms with van der Waals surface area (Å²) in [6.07, 6.45) is 7.73. The Hall–Kier alpha value is -2.83. The van der Waals surface area contributed by atoms with Crippen molar-refractivity contribution in [3.05, 3.63) is 40.9 Å². The summed E-state index contributed by atoms with van der Waals surface area (Å²) in [6, 6.07) is 5.13. The number of rotatable bonds is 15. The highest BCUT2D eigenvalue weighted by atomic mass is 32.2. The average molecular weight is 674 g/mol. The summed E-state index contributed by atoms with van der Waals surface area (Å²) in [6.45, 7) is 11.5. The number of amides is 3. The molecule has 2 aromatic rings. The van der Waals surface area contributed by atoms with Gasteiger partial charge in [0.25, 0.3) is 0 Å². The SMILES string of the molecule is C=C(CN1CCS(=O)(=O)CC1)C(=O)NC[C@H](CC1CCCCC1)NC(=O)[C@H](Cc1nc2ccc(C(C)C)cc2s1)NC(=O)CCC. The van der Waals surface area contributed by atoms with Gasteiger partial charge in [-0.05, 0) is 42.4 Å². The number of nitrogens with zero attached hydrogens (tertiary/aromatic N) is 2. The Balaban J connectivity index is 1.43. The summed E-state index contributed by atoms with van der Waals surface area (Å²) in [4.78, 5) is 46.3. The van der Waals surface area contributed by atoms with Gasteiger partial charge in [0.2, 0.25) is 17.7 Å². The normalized spacial score (nSPS) is 18.6. The van der Waals surface area contributed by atoms with Crippen molar-refractivity contribution in [3.63, 3.8) is 0 Å². The number of nitrogens with one attached hydrogen (secondary N) is 3. The Morgan fingerprint density at radius 2 is 1.80 bits per heavy atom. The molecule has 1 aromatic carbocycles. The van der Waals surface area contributed by atoms with Gasteiger partial charge < -0.3 is 16.0 Å². The number of hydrogen-bond donors (Lipinski definition) is 3. The highest BCUT2D eigenvalue weighted by Gasteiger charge is 2.28. The minimum atomic E-state index is -3.01. The number of aromatic nitrogens is 1. The quantitative estimate of drug-likeness (QED) is 0.242. The summed E-state index contributed by atoms with van der Waals surface area (Å²) in [7, 11) is -3.01. The van der Waals surface area contributed by atoms with E-state index in [4.69, 9.17) is 4.98 Å². The summed E-state index contributed by atoms with van der Waals surface area (Å²) in [5.41, 5.74) is 2.48. The number of hydrogen-bond acceptors (Lipinski definition) is 8. The van der Waals surface area contributed by atoms with E-state index in [1.165, 1.54) is 12.0 Å². The second-order valence-electron chi connectivity index (χ2n) is 13.3. The third kappa shape index (κ3) is 10.9. The van der Waals surface area contributed by atoms with Crippen LogP contribution in [0.1, 0.15) is 88.6 Å². The number of thiazole rings is 1. The van der Waals surface area contributed by atoms with Crippen molar-refractivity contribution in [2.75, 3.05) is 37.7 Å². The van der Waals surface area contributed by atoms with E-state index in [9.17, 15) is 22.8 Å². The summed E-state index contributed by atoms with van der Waals surface area (Å²) in [5.74, 6) is 0.248. The van der Waals surface area contributed by atoms with E-state index in [-0.39, 0.29) is 48.2 Å². The maximum atomic E-state index is 13.9. The second-order valence-corrected chi connectivity index (χ2v) is 16.7. The predicted molar refractivity (Wildman–Crippen MR) is 185 cm³/mol. The first-order valence-electron chi connectivity index (χ1n) is 16.8. The van der Waals surface area contributed by atoms with Crippen LogP contribution in [0.25, 0.3) is 10.2 Å². The van der Waals surface area contributed by atoms with Crippen LogP contribution in [-0.4, -0.2) is 85.8 Å². The van der Waals surface area contributed by atoms with Gasteiger partial charge in [0.1, 0.15) is 6.04 Å². The first-order valence-corrected chi connectivity index (χ1v) is 19.4. The van der Waals surface area contributed by atoms with E-state index in [1.54, 1.807) is 11.3 Å². The van der Waals surface area contributed by atoms with Crippen LogP contribution in [-0.2, 0) is 30.6 Å². The summed E-state index contributed by atoms with van der Waals surface area (Å²) < 4.78 is 24.6. The van der Waals surface area contributed by atoms with E-state index in [0.717, 1.165) is 47.3 Å².